The van der Waals surface area contributed by atoms with Crippen LogP contribution in [0.5, 0.6) is 0 Å². The Morgan fingerprint density at radius 3 is 2.42 bits per heavy atom. The topological polar surface area (TPSA) is 24.1 Å². The Morgan fingerprint density at radius 1 is 1.25 bits per heavy atom. The zero-order valence-electron chi connectivity index (χ0n) is 7.97. The molecule has 0 aromatic heterocycles. The van der Waals surface area contributed by atoms with E-state index in [9.17, 15) is 0 Å². The average molecular weight is 168 g/mol. The van der Waals surface area contributed by atoms with Gasteiger partial charge < -0.3 is 10.6 Å². The van der Waals surface area contributed by atoms with Gasteiger partial charge in [-0.1, -0.05) is 19.1 Å². The van der Waals surface area contributed by atoms with Crippen LogP contribution in [0.2, 0.25) is 0 Å². The van der Waals surface area contributed by atoms with Crippen molar-refractivity contribution >= 4 is 0 Å². The highest BCUT2D eigenvalue weighted by atomic mass is 15.0. The van der Waals surface area contributed by atoms with Gasteiger partial charge in [0.25, 0.3) is 0 Å². The van der Waals surface area contributed by atoms with Gasteiger partial charge >= 0.3 is 0 Å². The summed E-state index contributed by atoms with van der Waals surface area (Å²) in [5, 5.41) is 6.64. The Labute approximate surface area is 75.7 Å². The first kappa shape index (κ1) is 11.4. The molecule has 0 spiro atoms. The zero-order valence-corrected chi connectivity index (χ0v) is 7.97. The monoisotopic (exact) mass is 168 g/mol. The number of hydrogen-bond acceptors (Lipinski definition) is 2. The third kappa shape index (κ3) is 6.13. The first-order chi connectivity index (χ1) is 5.85. The van der Waals surface area contributed by atoms with Crippen LogP contribution >= 0.6 is 0 Å². The smallest absolute Gasteiger partial charge is 0.0192 e. The summed E-state index contributed by atoms with van der Waals surface area (Å²) in [6.07, 6.45) is 4.90. The normalized spacial score (nSPS) is 12.4. The minimum Gasteiger partial charge on any atom is -0.312 e. The Balaban J connectivity index is 3.38. The van der Waals surface area contributed by atoms with E-state index in [2.05, 4.69) is 30.7 Å². The highest BCUT2D eigenvalue weighted by Gasteiger charge is 2.01. The fraction of sp³-hybridized carbons (Fsp3) is 0.600. The third-order valence-electron chi connectivity index (χ3n) is 1.72. The van der Waals surface area contributed by atoms with Gasteiger partial charge in [-0.3, -0.25) is 0 Å². The Kier molecular flexibility index (Phi) is 8.07. The van der Waals surface area contributed by atoms with Gasteiger partial charge in [-0.25, -0.2) is 0 Å². The summed E-state index contributed by atoms with van der Waals surface area (Å²) in [5.41, 5.74) is 0. The zero-order chi connectivity index (χ0) is 9.23. The largest absolute Gasteiger partial charge is 0.312 e. The Morgan fingerprint density at radius 2 is 1.92 bits per heavy atom. The molecule has 2 heteroatoms. The van der Waals surface area contributed by atoms with E-state index in [0.717, 1.165) is 26.1 Å². The summed E-state index contributed by atoms with van der Waals surface area (Å²) in [6.45, 7) is 12.2. The molecule has 0 fully saturated rings. The molecule has 0 saturated carbocycles. The molecular formula is C10H20N2. The maximum Gasteiger partial charge on any atom is 0.0192 e. The molecule has 0 radical (unpaired) electrons. The number of hydrogen-bond donors (Lipinski definition) is 2. The van der Waals surface area contributed by atoms with Gasteiger partial charge in [-0.05, 0) is 6.42 Å². The van der Waals surface area contributed by atoms with Gasteiger partial charge in [-0.2, -0.15) is 0 Å². The molecule has 0 saturated heterocycles. The first-order valence-corrected chi connectivity index (χ1v) is 4.51. The summed E-state index contributed by atoms with van der Waals surface area (Å²) in [7, 11) is 0. The van der Waals surface area contributed by atoms with Crippen molar-refractivity contribution in [2.24, 2.45) is 0 Å². The predicted octanol–water partition coefficient (Wildman–Crippen LogP) is 1.32. The summed E-state index contributed by atoms with van der Waals surface area (Å²) in [5.74, 6) is 0. The van der Waals surface area contributed by atoms with Crippen LogP contribution in [0.15, 0.2) is 25.3 Å². The molecule has 0 aromatic carbocycles. The molecule has 0 aliphatic heterocycles. The Hall–Kier alpha value is -0.600. The lowest BCUT2D eigenvalue weighted by Crippen LogP contribution is -2.38. The van der Waals surface area contributed by atoms with E-state index in [0.29, 0.717) is 6.04 Å². The van der Waals surface area contributed by atoms with Crippen LogP contribution in [0.1, 0.15) is 13.3 Å². The summed E-state index contributed by atoms with van der Waals surface area (Å²) < 4.78 is 0. The average Bonchev–Trinajstić information content (AvgIpc) is 2.11. The van der Waals surface area contributed by atoms with Gasteiger partial charge in [0, 0.05) is 25.7 Å². The fourth-order valence-electron chi connectivity index (χ4n) is 0.970. The molecule has 0 bridgehead atoms. The lowest BCUT2D eigenvalue weighted by atomic mass is 10.2. The third-order valence-corrected chi connectivity index (χ3v) is 1.72. The van der Waals surface area contributed by atoms with E-state index in [4.69, 9.17) is 0 Å². The van der Waals surface area contributed by atoms with Crippen LogP contribution in [0.3, 0.4) is 0 Å². The molecule has 0 heterocycles. The van der Waals surface area contributed by atoms with E-state index in [-0.39, 0.29) is 0 Å². The van der Waals surface area contributed by atoms with Crippen LogP contribution in [-0.2, 0) is 0 Å². The number of nitrogens with one attached hydrogen (secondary N) is 2. The van der Waals surface area contributed by atoms with Crippen LogP contribution in [-0.4, -0.2) is 25.7 Å². The molecule has 0 aliphatic rings. The van der Waals surface area contributed by atoms with Crippen LogP contribution in [0.4, 0.5) is 0 Å². The maximum absolute atomic E-state index is 3.66. The molecule has 0 rings (SSSR count). The summed E-state index contributed by atoms with van der Waals surface area (Å²) in [4.78, 5) is 0. The van der Waals surface area contributed by atoms with Crippen molar-refractivity contribution in [1.29, 1.82) is 0 Å². The van der Waals surface area contributed by atoms with Gasteiger partial charge in [0.05, 0.1) is 0 Å². The van der Waals surface area contributed by atoms with Gasteiger partial charge in [0.1, 0.15) is 0 Å². The van der Waals surface area contributed by atoms with Gasteiger partial charge in [0.15, 0.2) is 0 Å². The van der Waals surface area contributed by atoms with Crippen molar-refractivity contribution in [3.05, 3.63) is 25.3 Å². The van der Waals surface area contributed by atoms with E-state index >= 15 is 0 Å². The molecule has 70 valence electrons. The predicted molar refractivity (Wildman–Crippen MR) is 55.3 cm³/mol. The van der Waals surface area contributed by atoms with Crippen LogP contribution in [0.25, 0.3) is 0 Å². The number of rotatable bonds is 8. The van der Waals surface area contributed by atoms with Crippen molar-refractivity contribution in [3.63, 3.8) is 0 Å². The SMILES string of the molecule is C=CCNCC(CC)NCC=C. The molecular weight excluding hydrogens is 148 g/mol. The van der Waals surface area contributed by atoms with E-state index in [1.807, 2.05) is 12.2 Å². The standard InChI is InChI=1S/C10H20N2/c1-4-7-11-9-10(6-3)12-8-5-2/h4-5,10-12H,1-2,6-9H2,3H3. The molecule has 2 N–H and O–H groups in total. The fourth-order valence-corrected chi connectivity index (χ4v) is 0.970. The summed E-state index contributed by atoms with van der Waals surface area (Å²) in [6, 6.07) is 0.544. The van der Waals surface area contributed by atoms with Crippen LogP contribution < -0.4 is 10.6 Å². The second-order valence-electron chi connectivity index (χ2n) is 2.75. The van der Waals surface area contributed by atoms with E-state index in [1.165, 1.54) is 0 Å². The molecule has 0 aliphatic carbocycles. The lowest BCUT2D eigenvalue weighted by Gasteiger charge is -2.15. The van der Waals surface area contributed by atoms with Crippen LogP contribution in [0, 0.1) is 0 Å². The minimum absolute atomic E-state index is 0.544. The minimum atomic E-state index is 0.544. The highest BCUT2D eigenvalue weighted by Crippen LogP contribution is 1.87. The molecule has 2 nitrogen and oxygen atoms in total. The van der Waals surface area contributed by atoms with Gasteiger partial charge in [-0.15, -0.1) is 13.2 Å². The molecule has 12 heavy (non-hydrogen) atoms. The van der Waals surface area contributed by atoms with Gasteiger partial charge in [0.2, 0.25) is 0 Å². The molecule has 1 unspecified atom stereocenters. The molecule has 1 atom stereocenters. The second kappa shape index (κ2) is 8.50. The van der Waals surface area contributed by atoms with Crippen molar-refractivity contribution in [2.45, 2.75) is 19.4 Å². The quantitative estimate of drug-likeness (QED) is 0.422. The van der Waals surface area contributed by atoms with E-state index < -0.39 is 0 Å². The van der Waals surface area contributed by atoms with Crippen molar-refractivity contribution < 1.29 is 0 Å². The van der Waals surface area contributed by atoms with Crippen molar-refractivity contribution in [1.82, 2.24) is 10.6 Å². The highest BCUT2D eigenvalue weighted by molar-refractivity contribution is 4.77. The molecule has 0 aromatic rings. The Bertz CT molecular complexity index is 121. The molecule has 0 amide bonds. The maximum atomic E-state index is 3.66. The lowest BCUT2D eigenvalue weighted by molar-refractivity contribution is 0.493. The second-order valence-corrected chi connectivity index (χ2v) is 2.75. The first-order valence-electron chi connectivity index (χ1n) is 4.51. The summed E-state index contributed by atoms with van der Waals surface area (Å²) >= 11 is 0. The van der Waals surface area contributed by atoms with Crippen molar-refractivity contribution in [2.75, 3.05) is 19.6 Å². The van der Waals surface area contributed by atoms with E-state index in [1.54, 1.807) is 0 Å². The van der Waals surface area contributed by atoms with Crippen molar-refractivity contribution in [3.8, 4) is 0 Å².